The van der Waals surface area contributed by atoms with E-state index in [4.69, 9.17) is 14.2 Å². The topological polar surface area (TPSA) is 100.0 Å². The number of rotatable bonds is 9. The van der Waals surface area contributed by atoms with Gasteiger partial charge >= 0.3 is 5.97 Å². The number of aryl methyl sites for hydroxylation is 1. The fourth-order valence-corrected chi connectivity index (χ4v) is 2.86. The van der Waals surface area contributed by atoms with Crippen LogP contribution >= 0.6 is 0 Å². The van der Waals surface area contributed by atoms with Gasteiger partial charge in [0.1, 0.15) is 6.04 Å². The quantitative estimate of drug-likeness (QED) is 0.584. The average Bonchev–Trinajstić information content (AvgIpc) is 2.73. The number of carbonyl (C=O) groups is 2. The molecule has 0 spiro atoms. The molecule has 0 N–H and O–H groups in total. The zero-order valence-electron chi connectivity index (χ0n) is 17.4. The molecule has 0 aliphatic carbocycles. The van der Waals surface area contributed by atoms with E-state index in [1.54, 1.807) is 33.0 Å². The van der Waals surface area contributed by atoms with Crippen LogP contribution in [0.1, 0.15) is 26.7 Å². The maximum Gasteiger partial charge on any atom is 0.328 e. The summed E-state index contributed by atoms with van der Waals surface area (Å²) in [5.74, 6) is 0.303. The Hall–Kier alpha value is -3.10. The number of hydrogen-bond acceptors (Lipinski definition) is 7. The molecular weight excluding hydrogens is 378 g/mol. The summed E-state index contributed by atoms with van der Waals surface area (Å²) < 4.78 is 16.9. The monoisotopic (exact) mass is 405 g/mol. The number of esters is 1. The van der Waals surface area contributed by atoms with Crippen molar-refractivity contribution in [1.82, 2.24) is 14.5 Å². The van der Waals surface area contributed by atoms with Gasteiger partial charge in [-0.1, -0.05) is 0 Å². The standard InChI is InChI=1S/C20H27N3O6/c1-6-29-20(26)13(2)22(3)18(24)8-7-9-23-12-21-15-11-17(28-5)16(27-4)10-14(15)19(23)25/h10-13H,6-9H2,1-5H3/t13-/m0/s1. The van der Waals surface area contributed by atoms with E-state index in [1.165, 1.54) is 30.0 Å². The van der Waals surface area contributed by atoms with Gasteiger partial charge in [-0.15, -0.1) is 0 Å². The van der Waals surface area contributed by atoms with Gasteiger partial charge in [0.05, 0.1) is 38.1 Å². The number of hydrogen-bond donors (Lipinski definition) is 0. The fraction of sp³-hybridized carbons (Fsp3) is 0.500. The molecule has 0 radical (unpaired) electrons. The molecule has 9 heteroatoms. The molecule has 0 fully saturated rings. The van der Waals surface area contributed by atoms with Gasteiger partial charge in [-0.3, -0.25) is 14.2 Å². The summed E-state index contributed by atoms with van der Waals surface area (Å²) in [6.07, 6.45) is 2.07. The first-order valence-corrected chi connectivity index (χ1v) is 9.37. The normalized spacial score (nSPS) is 11.8. The zero-order chi connectivity index (χ0) is 21.6. The Morgan fingerprint density at radius 1 is 1.21 bits per heavy atom. The largest absolute Gasteiger partial charge is 0.493 e. The molecule has 1 aromatic carbocycles. The first-order chi connectivity index (χ1) is 13.8. The molecule has 0 aliphatic rings. The van der Waals surface area contributed by atoms with E-state index < -0.39 is 12.0 Å². The van der Waals surface area contributed by atoms with Crippen molar-refractivity contribution in [1.29, 1.82) is 0 Å². The van der Waals surface area contributed by atoms with Crippen LogP contribution in [0.3, 0.4) is 0 Å². The molecule has 1 aromatic heterocycles. The van der Waals surface area contributed by atoms with Crippen LogP contribution in [-0.2, 0) is 20.9 Å². The summed E-state index contributed by atoms with van der Waals surface area (Å²) in [7, 11) is 4.58. The highest BCUT2D eigenvalue weighted by molar-refractivity contribution is 5.84. The van der Waals surface area contributed by atoms with E-state index in [-0.39, 0.29) is 24.5 Å². The maximum absolute atomic E-state index is 12.7. The first-order valence-electron chi connectivity index (χ1n) is 9.37. The van der Waals surface area contributed by atoms with Gasteiger partial charge in [-0.05, 0) is 26.3 Å². The average molecular weight is 405 g/mol. The van der Waals surface area contributed by atoms with Gasteiger partial charge in [-0.25, -0.2) is 9.78 Å². The third-order valence-electron chi connectivity index (χ3n) is 4.72. The number of ether oxygens (including phenoxy) is 3. The summed E-state index contributed by atoms with van der Waals surface area (Å²) in [5.41, 5.74) is 0.277. The Bertz CT molecular complexity index is 940. The third kappa shape index (κ3) is 5.04. The first kappa shape index (κ1) is 22.2. The highest BCUT2D eigenvalue weighted by atomic mass is 16.5. The van der Waals surface area contributed by atoms with Crippen LogP contribution in [-0.4, -0.2) is 60.2 Å². The van der Waals surface area contributed by atoms with E-state index in [0.717, 1.165) is 0 Å². The summed E-state index contributed by atoms with van der Waals surface area (Å²) in [6, 6.07) is 2.59. The minimum atomic E-state index is -0.657. The number of aromatic nitrogens is 2. The highest BCUT2D eigenvalue weighted by Crippen LogP contribution is 2.29. The molecule has 0 saturated heterocycles. The predicted molar refractivity (Wildman–Crippen MR) is 107 cm³/mol. The molecule has 2 rings (SSSR count). The molecule has 0 saturated carbocycles. The van der Waals surface area contributed by atoms with Crippen molar-refractivity contribution in [2.45, 2.75) is 39.3 Å². The molecule has 0 aliphatic heterocycles. The number of likely N-dealkylation sites (N-methyl/N-ethyl adjacent to an activating group) is 1. The number of methoxy groups -OCH3 is 2. The minimum Gasteiger partial charge on any atom is -0.493 e. The molecule has 1 heterocycles. The minimum absolute atomic E-state index is 0.191. The smallest absolute Gasteiger partial charge is 0.328 e. The number of fused-ring (bicyclic) bond motifs is 1. The number of benzene rings is 1. The van der Waals surface area contributed by atoms with Crippen molar-refractivity contribution in [3.8, 4) is 11.5 Å². The molecule has 158 valence electrons. The molecule has 1 amide bonds. The Balaban J connectivity index is 2.07. The lowest BCUT2D eigenvalue weighted by molar-refractivity contribution is -0.153. The van der Waals surface area contributed by atoms with E-state index in [2.05, 4.69) is 4.98 Å². The Labute approximate surface area is 169 Å². The SMILES string of the molecule is CCOC(=O)[C@H](C)N(C)C(=O)CCCn1cnc2cc(OC)c(OC)cc2c1=O. The lowest BCUT2D eigenvalue weighted by atomic mass is 10.2. The number of carbonyl (C=O) groups excluding carboxylic acids is 2. The lowest BCUT2D eigenvalue weighted by Gasteiger charge is -2.23. The zero-order valence-corrected chi connectivity index (χ0v) is 17.4. The van der Waals surface area contributed by atoms with E-state index in [9.17, 15) is 14.4 Å². The van der Waals surface area contributed by atoms with Gasteiger partial charge in [-0.2, -0.15) is 0 Å². The van der Waals surface area contributed by atoms with Crippen molar-refractivity contribution in [3.63, 3.8) is 0 Å². The Kier molecular flexibility index (Phi) is 7.58. The van der Waals surface area contributed by atoms with E-state index >= 15 is 0 Å². The lowest BCUT2D eigenvalue weighted by Crippen LogP contribution is -2.41. The summed E-state index contributed by atoms with van der Waals surface area (Å²) in [4.78, 5) is 42.5. The molecule has 2 aromatic rings. The van der Waals surface area contributed by atoms with Gasteiger partial charge in [0.2, 0.25) is 5.91 Å². The molecule has 29 heavy (non-hydrogen) atoms. The van der Waals surface area contributed by atoms with Gasteiger partial charge in [0.25, 0.3) is 5.56 Å². The van der Waals surface area contributed by atoms with Crippen molar-refractivity contribution < 1.29 is 23.8 Å². The second-order valence-corrected chi connectivity index (χ2v) is 6.50. The fourth-order valence-electron chi connectivity index (χ4n) is 2.86. The molecule has 9 nitrogen and oxygen atoms in total. The predicted octanol–water partition coefficient (Wildman–Crippen LogP) is 1.60. The van der Waals surface area contributed by atoms with Crippen molar-refractivity contribution >= 4 is 22.8 Å². The third-order valence-corrected chi connectivity index (χ3v) is 4.72. The van der Waals surface area contributed by atoms with Crippen LogP contribution in [0.15, 0.2) is 23.3 Å². The van der Waals surface area contributed by atoms with Crippen LogP contribution in [0, 0.1) is 0 Å². The number of nitrogens with zero attached hydrogens (tertiary/aromatic N) is 3. The van der Waals surface area contributed by atoms with Gasteiger partial charge in [0, 0.05) is 26.1 Å². The Morgan fingerprint density at radius 2 is 1.86 bits per heavy atom. The number of amides is 1. The van der Waals surface area contributed by atoms with Crippen LogP contribution in [0.2, 0.25) is 0 Å². The van der Waals surface area contributed by atoms with Crippen molar-refractivity contribution in [2.75, 3.05) is 27.9 Å². The van der Waals surface area contributed by atoms with Crippen molar-refractivity contribution in [2.24, 2.45) is 0 Å². The second kappa shape index (κ2) is 9.90. The van der Waals surface area contributed by atoms with E-state index in [1.807, 2.05) is 0 Å². The van der Waals surface area contributed by atoms with Crippen LogP contribution in [0.4, 0.5) is 0 Å². The van der Waals surface area contributed by atoms with Crippen LogP contribution in [0.5, 0.6) is 11.5 Å². The van der Waals surface area contributed by atoms with Crippen LogP contribution in [0.25, 0.3) is 10.9 Å². The molecule has 0 bridgehead atoms. The summed E-state index contributed by atoms with van der Waals surface area (Å²) in [5, 5.41) is 0.407. The van der Waals surface area contributed by atoms with Gasteiger partial charge < -0.3 is 19.1 Å². The highest BCUT2D eigenvalue weighted by Gasteiger charge is 2.23. The second-order valence-electron chi connectivity index (χ2n) is 6.50. The molecular formula is C20H27N3O6. The molecule has 0 unspecified atom stereocenters. The summed E-state index contributed by atoms with van der Waals surface area (Å²) >= 11 is 0. The maximum atomic E-state index is 12.7. The van der Waals surface area contributed by atoms with E-state index in [0.29, 0.717) is 35.4 Å². The van der Waals surface area contributed by atoms with Crippen molar-refractivity contribution in [3.05, 3.63) is 28.8 Å². The Morgan fingerprint density at radius 3 is 2.48 bits per heavy atom. The molecule has 1 atom stereocenters. The summed E-state index contributed by atoms with van der Waals surface area (Å²) in [6.45, 7) is 3.92. The van der Waals surface area contributed by atoms with Crippen LogP contribution < -0.4 is 15.0 Å². The van der Waals surface area contributed by atoms with Gasteiger partial charge in [0.15, 0.2) is 11.5 Å².